The first-order valence-corrected chi connectivity index (χ1v) is 7.80. The molecule has 10 heteroatoms. The summed E-state index contributed by atoms with van der Waals surface area (Å²) >= 11 is 0. The molecule has 136 valence electrons. The number of carboxylic acids is 1. The third-order valence-electron chi connectivity index (χ3n) is 3.81. The molecule has 0 aliphatic carbocycles. The molecule has 3 aromatic rings. The van der Waals surface area contributed by atoms with E-state index in [-0.39, 0.29) is 5.69 Å². The summed E-state index contributed by atoms with van der Waals surface area (Å²) in [6, 6.07) is 1.53. The van der Waals surface area contributed by atoms with E-state index in [4.69, 9.17) is 4.52 Å². The molecular formula is C16H18N6O4. The summed E-state index contributed by atoms with van der Waals surface area (Å²) in [4.78, 5) is 23.5. The van der Waals surface area contributed by atoms with Crippen LogP contribution in [0.4, 0.5) is 5.69 Å². The average molecular weight is 358 g/mol. The molecule has 0 spiro atoms. The minimum atomic E-state index is -1.23. The molecular weight excluding hydrogens is 340 g/mol. The lowest BCUT2D eigenvalue weighted by molar-refractivity contribution is -0.146. The molecule has 0 atom stereocenters. The highest BCUT2D eigenvalue weighted by atomic mass is 16.5. The van der Waals surface area contributed by atoms with Crippen molar-refractivity contribution in [1.82, 2.24) is 24.7 Å². The van der Waals surface area contributed by atoms with Crippen LogP contribution < -0.4 is 5.32 Å². The number of anilines is 1. The largest absolute Gasteiger partial charge is 0.479 e. The van der Waals surface area contributed by atoms with Gasteiger partial charge in [-0.3, -0.25) is 14.2 Å². The van der Waals surface area contributed by atoms with Gasteiger partial charge in [0.2, 0.25) is 0 Å². The molecule has 0 unspecified atom stereocenters. The summed E-state index contributed by atoms with van der Waals surface area (Å²) in [5.41, 5.74) is 0.251. The molecule has 3 heterocycles. The number of aryl methyl sites for hydroxylation is 1. The normalized spacial score (nSPS) is 11.5. The fourth-order valence-electron chi connectivity index (χ4n) is 2.19. The summed E-state index contributed by atoms with van der Waals surface area (Å²) < 4.78 is 8.10. The number of carbonyl (C=O) groups excluding carboxylic acids is 1. The summed E-state index contributed by atoms with van der Waals surface area (Å²) in [5.74, 6) is -1.03. The summed E-state index contributed by atoms with van der Waals surface area (Å²) in [6.45, 7) is 5.30. The van der Waals surface area contributed by atoms with E-state index in [9.17, 15) is 14.7 Å². The van der Waals surface area contributed by atoms with Gasteiger partial charge in [0.05, 0.1) is 18.1 Å². The third kappa shape index (κ3) is 3.48. The monoisotopic (exact) mass is 358 g/mol. The zero-order valence-corrected chi connectivity index (χ0v) is 14.5. The van der Waals surface area contributed by atoms with Crippen molar-refractivity contribution in [2.75, 3.05) is 5.32 Å². The fourth-order valence-corrected chi connectivity index (χ4v) is 2.19. The smallest absolute Gasteiger partial charge is 0.331 e. The molecule has 1 amide bonds. The lowest BCUT2D eigenvalue weighted by Gasteiger charge is -2.19. The van der Waals surface area contributed by atoms with Crippen LogP contribution in [0.15, 0.2) is 35.4 Å². The van der Waals surface area contributed by atoms with E-state index < -0.39 is 17.4 Å². The highest BCUT2D eigenvalue weighted by Crippen LogP contribution is 2.18. The minimum absolute atomic E-state index is 0.106. The predicted octanol–water partition coefficient (Wildman–Crippen LogP) is 1.50. The van der Waals surface area contributed by atoms with Crippen LogP contribution in [-0.4, -0.2) is 41.7 Å². The Hall–Kier alpha value is -3.43. The molecule has 0 aliphatic rings. The van der Waals surface area contributed by atoms with E-state index in [1.165, 1.54) is 37.0 Å². The Kier molecular flexibility index (Phi) is 4.33. The topological polar surface area (TPSA) is 128 Å². The van der Waals surface area contributed by atoms with E-state index in [2.05, 4.69) is 20.7 Å². The van der Waals surface area contributed by atoms with E-state index in [1.54, 1.807) is 10.9 Å². The number of aromatic nitrogens is 5. The number of rotatable bonds is 6. The Morgan fingerprint density at radius 3 is 2.69 bits per heavy atom. The van der Waals surface area contributed by atoms with E-state index >= 15 is 0 Å². The van der Waals surface area contributed by atoms with Crippen molar-refractivity contribution in [2.45, 2.75) is 32.9 Å². The van der Waals surface area contributed by atoms with Gasteiger partial charge in [-0.2, -0.15) is 10.2 Å². The number of nitrogens with zero attached hydrogens (tertiary/aromatic N) is 5. The minimum Gasteiger partial charge on any atom is -0.479 e. The third-order valence-corrected chi connectivity index (χ3v) is 3.81. The number of hydrogen-bond acceptors (Lipinski definition) is 6. The standard InChI is InChI=1S/C16H18N6O4/c1-10-5-17-21(7-10)9-12-4-13(20-26-12)14(23)19-11-6-18-22(8-11)16(2,3)15(24)25/h4-8H,9H2,1-3H3,(H,19,23)(H,24,25). The molecule has 3 rings (SSSR count). The van der Waals surface area contributed by atoms with Gasteiger partial charge in [0.25, 0.3) is 5.91 Å². The highest BCUT2D eigenvalue weighted by molar-refractivity contribution is 6.02. The van der Waals surface area contributed by atoms with Gasteiger partial charge in [0.1, 0.15) is 6.54 Å². The maximum Gasteiger partial charge on any atom is 0.331 e. The summed E-state index contributed by atoms with van der Waals surface area (Å²) in [7, 11) is 0. The molecule has 0 saturated carbocycles. The Balaban J connectivity index is 1.67. The maximum atomic E-state index is 12.3. The molecule has 2 N–H and O–H groups in total. The molecule has 0 saturated heterocycles. The SMILES string of the molecule is Cc1cnn(Cc2cc(C(=O)Nc3cnn(C(C)(C)C(=O)O)c3)no2)c1. The van der Waals surface area contributed by atoms with Gasteiger partial charge >= 0.3 is 5.97 Å². The lowest BCUT2D eigenvalue weighted by Crippen LogP contribution is -2.35. The van der Waals surface area contributed by atoms with Gasteiger partial charge in [-0.25, -0.2) is 4.79 Å². The fraction of sp³-hybridized carbons (Fsp3) is 0.312. The number of carbonyl (C=O) groups is 2. The summed E-state index contributed by atoms with van der Waals surface area (Å²) in [5, 5.41) is 23.7. The van der Waals surface area contributed by atoms with Gasteiger partial charge in [-0.1, -0.05) is 5.16 Å². The summed E-state index contributed by atoms with van der Waals surface area (Å²) in [6.07, 6.45) is 6.39. The predicted molar refractivity (Wildman–Crippen MR) is 89.7 cm³/mol. The van der Waals surface area contributed by atoms with Crippen LogP contribution in [0.25, 0.3) is 0 Å². The van der Waals surface area contributed by atoms with Crippen LogP contribution in [0, 0.1) is 6.92 Å². The molecule has 10 nitrogen and oxygen atoms in total. The van der Waals surface area contributed by atoms with Crippen molar-refractivity contribution >= 4 is 17.6 Å². The van der Waals surface area contributed by atoms with Crippen molar-refractivity contribution in [3.8, 4) is 0 Å². The number of amides is 1. The second-order valence-corrected chi connectivity index (χ2v) is 6.39. The van der Waals surface area contributed by atoms with E-state index in [0.29, 0.717) is 18.0 Å². The Bertz CT molecular complexity index is 952. The molecule has 0 aliphatic heterocycles. The van der Waals surface area contributed by atoms with Crippen molar-refractivity contribution in [3.05, 3.63) is 47.9 Å². The second kappa shape index (κ2) is 6.47. The van der Waals surface area contributed by atoms with Crippen molar-refractivity contribution < 1.29 is 19.2 Å². The van der Waals surface area contributed by atoms with Gasteiger partial charge in [0.15, 0.2) is 17.0 Å². The molecule has 3 aromatic heterocycles. The molecule has 0 bridgehead atoms. The first kappa shape index (κ1) is 17.4. The quantitative estimate of drug-likeness (QED) is 0.683. The van der Waals surface area contributed by atoms with Crippen molar-refractivity contribution in [3.63, 3.8) is 0 Å². The zero-order valence-electron chi connectivity index (χ0n) is 14.5. The van der Waals surface area contributed by atoms with Crippen molar-refractivity contribution in [2.24, 2.45) is 0 Å². The average Bonchev–Trinajstić information content (AvgIpc) is 3.29. The molecule has 26 heavy (non-hydrogen) atoms. The van der Waals surface area contributed by atoms with E-state index in [1.807, 2.05) is 13.1 Å². The Morgan fingerprint density at radius 1 is 1.27 bits per heavy atom. The number of nitrogens with one attached hydrogen (secondary N) is 1. The highest BCUT2D eigenvalue weighted by Gasteiger charge is 2.30. The van der Waals surface area contributed by atoms with Crippen LogP contribution in [0.3, 0.4) is 0 Å². The van der Waals surface area contributed by atoms with E-state index in [0.717, 1.165) is 5.56 Å². The molecule has 0 fully saturated rings. The first-order valence-electron chi connectivity index (χ1n) is 7.80. The number of aliphatic carboxylic acids is 1. The van der Waals surface area contributed by atoms with Crippen molar-refractivity contribution in [1.29, 1.82) is 0 Å². The van der Waals surface area contributed by atoms with Crippen LogP contribution >= 0.6 is 0 Å². The second-order valence-electron chi connectivity index (χ2n) is 6.39. The van der Waals surface area contributed by atoms with Gasteiger partial charge in [-0.05, 0) is 26.3 Å². The zero-order chi connectivity index (χ0) is 18.9. The van der Waals surface area contributed by atoms with Crippen LogP contribution in [0.5, 0.6) is 0 Å². The van der Waals surface area contributed by atoms with Crippen LogP contribution in [-0.2, 0) is 16.9 Å². The molecule has 0 aromatic carbocycles. The van der Waals surface area contributed by atoms with Crippen LogP contribution in [0.1, 0.15) is 35.7 Å². The number of hydrogen-bond donors (Lipinski definition) is 2. The van der Waals surface area contributed by atoms with Crippen LogP contribution in [0.2, 0.25) is 0 Å². The Labute approximate surface area is 148 Å². The van der Waals surface area contributed by atoms with Gasteiger partial charge < -0.3 is 14.9 Å². The maximum absolute atomic E-state index is 12.3. The lowest BCUT2D eigenvalue weighted by atomic mass is 10.1. The van der Waals surface area contributed by atoms with Gasteiger partial charge in [-0.15, -0.1) is 0 Å². The van der Waals surface area contributed by atoms with Gasteiger partial charge in [0, 0.05) is 18.5 Å². The Morgan fingerprint density at radius 2 is 2.04 bits per heavy atom. The first-order chi connectivity index (χ1) is 12.3. The number of carboxylic acid groups (broad SMARTS) is 1. The molecule has 0 radical (unpaired) electrons.